The van der Waals surface area contributed by atoms with Crippen LogP contribution < -0.4 is 20.1 Å². The zero-order valence-electron chi connectivity index (χ0n) is 22.2. The Balaban J connectivity index is 0.00000481. The molecule has 0 spiro atoms. The van der Waals surface area contributed by atoms with E-state index in [2.05, 4.69) is 10.6 Å². The van der Waals surface area contributed by atoms with E-state index in [1.54, 1.807) is 32.4 Å². The zero-order chi connectivity index (χ0) is 25.9. The smallest absolute Gasteiger partial charge is 0.265 e. The number of benzene rings is 2. The molecule has 0 bridgehead atoms. The average Bonchev–Trinajstić information content (AvgIpc) is 2.90. The Hall–Kier alpha value is -2.81. The normalized spacial score (nSPS) is 15.9. The molecule has 2 amide bonds. The van der Waals surface area contributed by atoms with Gasteiger partial charge in [-0.25, -0.2) is 0 Å². The standard InChI is InChI=1S/C28H39N3O5.ClH/c1-20(2)31(23-12-8-15-30-19-23)28(33)22-13-14-24(25(18-22)35-17-9-16-34-4)36-26(27(32)29-3)21-10-6-5-7-11-21;/h5-7,10-11,13-14,18,20,23,26,30H,8-9,12,15-17,19H2,1-4H3,(H,29,32);1H/t23-,26?;/m1./s1. The monoisotopic (exact) mass is 533 g/mol. The molecule has 1 aliphatic heterocycles. The Labute approximate surface area is 226 Å². The van der Waals surface area contributed by atoms with Gasteiger partial charge in [-0.15, -0.1) is 12.4 Å². The van der Waals surface area contributed by atoms with E-state index in [-0.39, 0.29) is 36.3 Å². The summed E-state index contributed by atoms with van der Waals surface area (Å²) in [5, 5.41) is 6.07. The summed E-state index contributed by atoms with van der Waals surface area (Å²) in [5.41, 5.74) is 1.25. The lowest BCUT2D eigenvalue weighted by Gasteiger charge is -2.37. The summed E-state index contributed by atoms with van der Waals surface area (Å²) in [6.07, 6.45) is 1.84. The van der Waals surface area contributed by atoms with E-state index in [0.29, 0.717) is 36.7 Å². The minimum absolute atomic E-state index is 0. The number of halogens is 1. The van der Waals surface area contributed by atoms with Crippen molar-refractivity contribution in [3.05, 3.63) is 59.7 Å². The predicted octanol–water partition coefficient (Wildman–Crippen LogP) is 3.99. The molecule has 204 valence electrons. The number of carbonyl (C=O) groups excluding carboxylic acids is 2. The highest BCUT2D eigenvalue weighted by Crippen LogP contribution is 2.34. The number of likely N-dealkylation sites (N-methyl/N-ethyl adjacent to an activating group) is 1. The van der Waals surface area contributed by atoms with Crippen LogP contribution in [0.15, 0.2) is 48.5 Å². The highest BCUT2D eigenvalue weighted by Gasteiger charge is 2.29. The predicted molar refractivity (Wildman–Crippen MR) is 147 cm³/mol. The fourth-order valence-corrected chi connectivity index (χ4v) is 4.44. The second-order valence-electron chi connectivity index (χ2n) is 9.19. The molecule has 0 radical (unpaired) electrons. The van der Waals surface area contributed by atoms with E-state index in [0.717, 1.165) is 31.5 Å². The molecule has 3 rings (SSSR count). The van der Waals surface area contributed by atoms with E-state index in [4.69, 9.17) is 14.2 Å². The Bertz CT molecular complexity index is 983. The first kappa shape index (κ1) is 30.4. The van der Waals surface area contributed by atoms with Crippen LogP contribution in [-0.4, -0.2) is 69.3 Å². The average molecular weight is 534 g/mol. The quantitative estimate of drug-likeness (QED) is 0.401. The van der Waals surface area contributed by atoms with Crippen LogP contribution in [0.5, 0.6) is 11.5 Å². The molecular formula is C28H40ClN3O5. The highest BCUT2D eigenvalue weighted by atomic mass is 35.5. The third kappa shape index (κ3) is 8.35. The molecule has 2 N–H and O–H groups in total. The molecule has 0 saturated carbocycles. The minimum Gasteiger partial charge on any atom is -0.490 e. The van der Waals surface area contributed by atoms with Gasteiger partial charge in [0, 0.05) is 56.9 Å². The number of piperidine rings is 1. The van der Waals surface area contributed by atoms with E-state index >= 15 is 0 Å². The topological polar surface area (TPSA) is 89.1 Å². The van der Waals surface area contributed by atoms with E-state index in [1.165, 1.54) is 0 Å². The molecule has 1 unspecified atom stereocenters. The van der Waals surface area contributed by atoms with Gasteiger partial charge in [0.2, 0.25) is 6.10 Å². The molecule has 0 aliphatic carbocycles. The van der Waals surface area contributed by atoms with Crippen LogP contribution in [0.3, 0.4) is 0 Å². The molecule has 1 saturated heterocycles. The van der Waals surface area contributed by atoms with Crippen molar-refractivity contribution in [2.45, 2.75) is 51.3 Å². The summed E-state index contributed by atoms with van der Waals surface area (Å²) in [6, 6.07) is 14.7. The summed E-state index contributed by atoms with van der Waals surface area (Å²) < 4.78 is 17.4. The molecule has 0 aromatic heterocycles. The number of nitrogens with one attached hydrogen (secondary N) is 2. The first-order chi connectivity index (χ1) is 17.5. The molecule has 2 aromatic carbocycles. The van der Waals surface area contributed by atoms with Gasteiger partial charge in [0.1, 0.15) is 0 Å². The molecule has 1 fully saturated rings. The van der Waals surface area contributed by atoms with Gasteiger partial charge in [-0.1, -0.05) is 30.3 Å². The SMILES string of the molecule is CNC(=O)C(Oc1ccc(C(=O)N(C(C)C)[C@@H]2CCCNC2)cc1OCCCOC)c1ccccc1.Cl. The van der Waals surface area contributed by atoms with Crippen LogP contribution in [0.2, 0.25) is 0 Å². The van der Waals surface area contributed by atoms with Crippen molar-refractivity contribution >= 4 is 24.2 Å². The third-order valence-electron chi connectivity index (χ3n) is 6.23. The van der Waals surface area contributed by atoms with Crippen LogP contribution >= 0.6 is 12.4 Å². The van der Waals surface area contributed by atoms with Crippen molar-refractivity contribution in [3.8, 4) is 11.5 Å². The van der Waals surface area contributed by atoms with Gasteiger partial charge < -0.3 is 29.7 Å². The van der Waals surface area contributed by atoms with Gasteiger partial charge in [0.05, 0.1) is 6.61 Å². The van der Waals surface area contributed by atoms with E-state index < -0.39 is 6.10 Å². The minimum atomic E-state index is -0.862. The van der Waals surface area contributed by atoms with Crippen molar-refractivity contribution in [2.24, 2.45) is 0 Å². The molecule has 37 heavy (non-hydrogen) atoms. The number of carbonyl (C=O) groups is 2. The Morgan fingerprint density at radius 3 is 2.49 bits per heavy atom. The van der Waals surface area contributed by atoms with Crippen molar-refractivity contribution < 1.29 is 23.8 Å². The lowest BCUT2D eigenvalue weighted by atomic mass is 10.0. The Morgan fingerprint density at radius 2 is 1.86 bits per heavy atom. The summed E-state index contributed by atoms with van der Waals surface area (Å²) >= 11 is 0. The maximum absolute atomic E-state index is 13.6. The Kier molecular flexibility index (Phi) is 12.7. The third-order valence-corrected chi connectivity index (χ3v) is 6.23. The van der Waals surface area contributed by atoms with Crippen LogP contribution in [0, 0.1) is 0 Å². The number of amides is 2. The Morgan fingerprint density at radius 1 is 1.11 bits per heavy atom. The summed E-state index contributed by atoms with van der Waals surface area (Å²) in [5.74, 6) is 0.504. The number of hydrogen-bond acceptors (Lipinski definition) is 6. The second kappa shape index (κ2) is 15.4. The summed E-state index contributed by atoms with van der Waals surface area (Å²) in [4.78, 5) is 28.3. The molecule has 9 heteroatoms. The van der Waals surface area contributed by atoms with Gasteiger partial charge in [0.25, 0.3) is 11.8 Å². The van der Waals surface area contributed by atoms with Crippen LogP contribution in [0.25, 0.3) is 0 Å². The van der Waals surface area contributed by atoms with Crippen molar-refractivity contribution in [3.63, 3.8) is 0 Å². The molecular weight excluding hydrogens is 494 g/mol. The van der Waals surface area contributed by atoms with Gasteiger partial charge in [-0.05, 0) is 51.4 Å². The molecule has 1 aliphatic rings. The fourth-order valence-electron chi connectivity index (χ4n) is 4.44. The number of ether oxygens (including phenoxy) is 3. The number of nitrogens with zero attached hydrogens (tertiary/aromatic N) is 1. The summed E-state index contributed by atoms with van der Waals surface area (Å²) in [6.45, 7) is 6.79. The number of rotatable bonds is 12. The number of hydrogen-bond donors (Lipinski definition) is 2. The van der Waals surface area contributed by atoms with Crippen LogP contribution in [-0.2, 0) is 9.53 Å². The number of methoxy groups -OCH3 is 1. The van der Waals surface area contributed by atoms with E-state index in [9.17, 15) is 9.59 Å². The van der Waals surface area contributed by atoms with E-state index in [1.807, 2.05) is 49.1 Å². The molecule has 2 aromatic rings. The second-order valence-corrected chi connectivity index (χ2v) is 9.19. The first-order valence-electron chi connectivity index (χ1n) is 12.7. The molecule has 8 nitrogen and oxygen atoms in total. The van der Waals surface area contributed by atoms with Crippen molar-refractivity contribution in [1.29, 1.82) is 0 Å². The lowest BCUT2D eigenvalue weighted by molar-refractivity contribution is -0.127. The fraction of sp³-hybridized carbons (Fsp3) is 0.500. The maximum Gasteiger partial charge on any atom is 0.265 e. The lowest BCUT2D eigenvalue weighted by Crippen LogP contribution is -2.51. The van der Waals surface area contributed by atoms with Crippen LogP contribution in [0.4, 0.5) is 0 Å². The first-order valence-corrected chi connectivity index (χ1v) is 12.7. The van der Waals surface area contributed by atoms with Crippen molar-refractivity contribution in [1.82, 2.24) is 15.5 Å². The zero-order valence-corrected chi connectivity index (χ0v) is 23.0. The van der Waals surface area contributed by atoms with Crippen LogP contribution in [0.1, 0.15) is 55.1 Å². The maximum atomic E-state index is 13.6. The van der Waals surface area contributed by atoms with Gasteiger partial charge in [0.15, 0.2) is 11.5 Å². The van der Waals surface area contributed by atoms with Gasteiger partial charge in [-0.3, -0.25) is 9.59 Å². The highest BCUT2D eigenvalue weighted by molar-refractivity contribution is 5.95. The summed E-state index contributed by atoms with van der Waals surface area (Å²) in [7, 11) is 3.22. The van der Waals surface area contributed by atoms with Crippen molar-refractivity contribution in [2.75, 3.05) is 40.5 Å². The molecule has 1 heterocycles. The van der Waals surface area contributed by atoms with Gasteiger partial charge >= 0.3 is 0 Å². The van der Waals surface area contributed by atoms with Gasteiger partial charge in [-0.2, -0.15) is 0 Å². The molecule has 2 atom stereocenters. The largest absolute Gasteiger partial charge is 0.490 e.